The van der Waals surface area contributed by atoms with Crippen molar-refractivity contribution in [1.29, 1.82) is 0 Å². The predicted molar refractivity (Wildman–Crippen MR) is 118 cm³/mol. The highest BCUT2D eigenvalue weighted by molar-refractivity contribution is 6.30. The van der Waals surface area contributed by atoms with Crippen LogP contribution in [-0.4, -0.2) is 50.7 Å². The molecule has 31 heavy (non-hydrogen) atoms. The molecule has 1 N–H and O–H groups in total. The smallest absolute Gasteiger partial charge is 0.410 e. The van der Waals surface area contributed by atoms with Crippen LogP contribution in [-0.2, 0) is 17.7 Å². The van der Waals surface area contributed by atoms with Crippen LogP contribution in [0.5, 0.6) is 0 Å². The zero-order chi connectivity index (χ0) is 22.3. The van der Waals surface area contributed by atoms with Crippen LogP contribution < -0.4 is 0 Å². The maximum Gasteiger partial charge on any atom is 0.410 e. The second-order valence-electron chi connectivity index (χ2n) is 9.35. The number of aromatic amines is 1. The molecule has 1 aromatic carbocycles. The van der Waals surface area contributed by atoms with Gasteiger partial charge in [-0.25, -0.2) is 4.79 Å². The van der Waals surface area contributed by atoms with E-state index in [-0.39, 0.29) is 18.0 Å². The molecule has 1 fully saturated rings. The van der Waals surface area contributed by atoms with Crippen LogP contribution in [0.3, 0.4) is 0 Å². The quantitative estimate of drug-likeness (QED) is 0.731. The molecule has 1 atom stereocenters. The molecule has 166 valence electrons. The number of aryl methyl sites for hydroxylation is 1. The number of H-pyrrole nitrogens is 1. The van der Waals surface area contributed by atoms with Gasteiger partial charge < -0.3 is 14.5 Å². The van der Waals surface area contributed by atoms with Crippen molar-refractivity contribution in [1.82, 2.24) is 20.0 Å². The van der Waals surface area contributed by atoms with Crippen LogP contribution in [0, 0.1) is 6.92 Å². The molecular formula is C23H29ClN4O3. The summed E-state index contributed by atoms with van der Waals surface area (Å²) in [6.07, 6.45) is 3.76. The van der Waals surface area contributed by atoms with Crippen LogP contribution in [0.2, 0.25) is 5.02 Å². The number of halogens is 1. The van der Waals surface area contributed by atoms with Crippen molar-refractivity contribution in [3.63, 3.8) is 0 Å². The van der Waals surface area contributed by atoms with Crippen molar-refractivity contribution >= 4 is 23.6 Å². The molecule has 0 radical (unpaired) electrons. The van der Waals surface area contributed by atoms with E-state index in [4.69, 9.17) is 16.3 Å². The largest absolute Gasteiger partial charge is 0.444 e. The van der Waals surface area contributed by atoms with Crippen LogP contribution in [0.15, 0.2) is 18.3 Å². The van der Waals surface area contributed by atoms with E-state index in [9.17, 15) is 9.59 Å². The van der Waals surface area contributed by atoms with Crippen LogP contribution >= 0.6 is 11.6 Å². The number of fused-ring (bicyclic) bond motifs is 1. The minimum Gasteiger partial charge on any atom is -0.444 e. The molecular weight excluding hydrogens is 416 g/mol. The van der Waals surface area contributed by atoms with Gasteiger partial charge in [-0.05, 0) is 75.8 Å². The number of rotatable bonds is 2. The van der Waals surface area contributed by atoms with Crippen LogP contribution in [0.4, 0.5) is 4.79 Å². The summed E-state index contributed by atoms with van der Waals surface area (Å²) in [5, 5.41) is 7.48. The molecule has 0 aliphatic carbocycles. The monoisotopic (exact) mass is 444 g/mol. The van der Waals surface area contributed by atoms with Crippen LogP contribution in [0.25, 0.3) is 0 Å². The third-order valence-corrected chi connectivity index (χ3v) is 6.15. The molecule has 0 spiro atoms. The number of amides is 2. The summed E-state index contributed by atoms with van der Waals surface area (Å²) in [4.78, 5) is 29.6. The van der Waals surface area contributed by atoms with Crippen molar-refractivity contribution in [2.45, 2.75) is 65.1 Å². The standard InChI is InChI=1S/C23H29ClN4O3/c1-14-18(12-25-26-14)21(29)27-9-7-15-10-16(24)11-17(19(15)13-27)20-6-5-8-28(20)22(30)31-23(2,3)4/h10-12,20H,5-9,13H2,1-4H3,(H,25,26)/t20-/m0/s1. The minimum absolute atomic E-state index is 0.0341. The van der Waals surface area contributed by atoms with Gasteiger partial charge in [-0.3, -0.25) is 9.89 Å². The molecule has 3 heterocycles. The molecule has 0 unspecified atom stereocenters. The van der Waals surface area contributed by atoms with Crippen molar-refractivity contribution in [3.05, 3.63) is 51.3 Å². The average molecular weight is 445 g/mol. The van der Waals surface area contributed by atoms with Gasteiger partial charge in [0.2, 0.25) is 0 Å². The van der Waals surface area contributed by atoms with Crippen molar-refractivity contribution < 1.29 is 14.3 Å². The Morgan fingerprint density at radius 1 is 1.26 bits per heavy atom. The van der Waals surface area contributed by atoms with Gasteiger partial charge in [-0.1, -0.05) is 11.6 Å². The first-order chi connectivity index (χ1) is 14.6. The predicted octanol–water partition coefficient (Wildman–Crippen LogP) is 4.64. The number of hydrogen-bond acceptors (Lipinski definition) is 4. The Morgan fingerprint density at radius 3 is 2.71 bits per heavy atom. The average Bonchev–Trinajstić information content (AvgIpc) is 3.34. The maximum absolute atomic E-state index is 13.1. The van der Waals surface area contributed by atoms with Gasteiger partial charge >= 0.3 is 6.09 Å². The summed E-state index contributed by atoms with van der Waals surface area (Å²) < 4.78 is 5.65. The minimum atomic E-state index is -0.552. The number of nitrogens with one attached hydrogen (secondary N) is 1. The number of ether oxygens (including phenoxy) is 1. The van der Waals surface area contributed by atoms with Gasteiger partial charge in [-0.2, -0.15) is 5.10 Å². The Balaban J connectivity index is 1.65. The topological polar surface area (TPSA) is 78.5 Å². The summed E-state index contributed by atoms with van der Waals surface area (Å²) in [5.41, 5.74) is 4.06. The number of likely N-dealkylation sites (tertiary alicyclic amines) is 1. The van der Waals surface area contributed by atoms with Gasteiger partial charge in [0, 0.05) is 30.4 Å². The second kappa shape index (κ2) is 8.19. The maximum atomic E-state index is 13.1. The third kappa shape index (κ3) is 4.42. The fourth-order valence-electron chi connectivity index (χ4n) is 4.49. The summed E-state index contributed by atoms with van der Waals surface area (Å²) >= 11 is 6.47. The molecule has 1 saturated heterocycles. The van der Waals surface area contributed by atoms with Gasteiger partial charge in [-0.15, -0.1) is 0 Å². The number of benzene rings is 1. The van der Waals surface area contributed by atoms with E-state index in [1.54, 1.807) is 11.1 Å². The van der Waals surface area contributed by atoms with Gasteiger partial charge in [0.05, 0.1) is 17.8 Å². The van der Waals surface area contributed by atoms with E-state index in [1.165, 1.54) is 0 Å². The molecule has 8 heteroatoms. The zero-order valence-corrected chi connectivity index (χ0v) is 19.3. The number of aromatic nitrogens is 2. The lowest BCUT2D eigenvalue weighted by Gasteiger charge is -2.34. The molecule has 0 bridgehead atoms. The fraction of sp³-hybridized carbons (Fsp3) is 0.522. The number of nitrogens with zero attached hydrogens (tertiary/aromatic N) is 3. The normalized spacial score (nSPS) is 18.8. The van der Waals surface area contributed by atoms with E-state index in [2.05, 4.69) is 10.2 Å². The highest BCUT2D eigenvalue weighted by atomic mass is 35.5. The summed E-state index contributed by atoms with van der Waals surface area (Å²) in [7, 11) is 0. The summed E-state index contributed by atoms with van der Waals surface area (Å²) in [6.45, 7) is 9.23. The number of carbonyl (C=O) groups is 2. The zero-order valence-electron chi connectivity index (χ0n) is 18.5. The second-order valence-corrected chi connectivity index (χ2v) is 9.79. The van der Waals surface area contributed by atoms with Gasteiger partial charge in [0.25, 0.3) is 5.91 Å². The van der Waals surface area contributed by atoms with Crippen LogP contribution in [0.1, 0.15) is 72.4 Å². The molecule has 0 saturated carbocycles. The highest BCUT2D eigenvalue weighted by Crippen LogP contribution is 2.39. The Labute approximate surface area is 187 Å². The highest BCUT2D eigenvalue weighted by Gasteiger charge is 2.36. The van der Waals surface area contributed by atoms with E-state index >= 15 is 0 Å². The van der Waals surface area contributed by atoms with Crippen molar-refractivity contribution in [2.75, 3.05) is 13.1 Å². The molecule has 7 nitrogen and oxygen atoms in total. The number of hydrogen-bond donors (Lipinski definition) is 1. The van der Waals surface area contributed by atoms with Gasteiger partial charge in [0.1, 0.15) is 5.60 Å². The molecule has 2 aliphatic rings. The Bertz CT molecular complexity index is 1010. The first-order valence-electron chi connectivity index (χ1n) is 10.7. The van der Waals surface area contributed by atoms with Crippen molar-refractivity contribution in [3.8, 4) is 0 Å². The van der Waals surface area contributed by atoms with E-state index in [0.29, 0.717) is 30.2 Å². The van der Waals surface area contributed by atoms with E-state index < -0.39 is 5.60 Å². The molecule has 2 aromatic rings. The van der Waals surface area contributed by atoms with Gasteiger partial charge in [0.15, 0.2) is 0 Å². The van der Waals surface area contributed by atoms with Crippen molar-refractivity contribution in [2.24, 2.45) is 0 Å². The Morgan fingerprint density at radius 2 is 2.03 bits per heavy atom. The lowest BCUT2D eigenvalue weighted by atomic mass is 9.90. The Kier molecular flexibility index (Phi) is 5.73. The van der Waals surface area contributed by atoms with E-state index in [0.717, 1.165) is 41.6 Å². The molecule has 2 amide bonds. The number of carbonyl (C=O) groups excluding carboxylic acids is 2. The third-order valence-electron chi connectivity index (χ3n) is 5.93. The lowest BCUT2D eigenvalue weighted by molar-refractivity contribution is 0.0222. The molecule has 2 aliphatic heterocycles. The first-order valence-corrected chi connectivity index (χ1v) is 11.1. The fourth-order valence-corrected chi connectivity index (χ4v) is 4.74. The SMILES string of the molecule is Cc1[nH]ncc1C(=O)N1CCc2cc(Cl)cc([C@@H]3CCCN3C(=O)OC(C)(C)C)c2C1. The molecule has 4 rings (SSSR count). The van der Waals surface area contributed by atoms with E-state index in [1.807, 2.05) is 44.7 Å². The lowest BCUT2D eigenvalue weighted by Crippen LogP contribution is -2.39. The molecule has 1 aromatic heterocycles. The summed E-state index contributed by atoms with van der Waals surface area (Å²) in [6, 6.07) is 3.83. The first kappa shape index (κ1) is 21.7. The summed E-state index contributed by atoms with van der Waals surface area (Å²) in [5.74, 6) is -0.0341. The Hall–Kier alpha value is -2.54.